The molecule has 0 unspecified atom stereocenters. The SMILES string of the molecule is O=S(=O)(c1ccccc1)[C@@H]1O[C@H]1c1cccnc1. The van der Waals surface area contributed by atoms with Crippen LogP contribution in [0.25, 0.3) is 0 Å². The molecule has 18 heavy (non-hydrogen) atoms. The zero-order valence-corrected chi connectivity index (χ0v) is 10.2. The van der Waals surface area contributed by atoms with Gasteiger partial charge in [0.2, 0.25) is 9.84 Å². The second-order valence-corrected chi connectivity index (χ2v) is 6.10. The van der Waals surface area contributed by atoms with E-state index >= 15 is 0 Å². The Hall–Kier alpha value is -1.72. The van der Waals surface area contributed by atoms with Crippen molar-refractivity contribution in [3.8, 4) is 0 Å². The highest BCUT2D eigenvalue weighted by Gasteiger charge is 2.50. The summed E-state index contributed by atoms with van der Waals surface area (Å²) >= 11 is 0. The average Bonchev–Trinajstić information content (AvgIpc) is 3.22. The second kappa shape index (κ2) is 4.19. The fourth-order valence-electron chi connectivity index (χ4n) is 1.86. The van der Waals surface area contributed by atoms with E-state index in [1.807, 2.05) is 6.07 Å². The fraction of sp³-hybridized carbons (Fsp3) is 0.154. The third-order valence-corrected chi connectivity index (χ3v) is 4.74. The molecule has 1 saturated heterocycles. The van der Waals surface area contributed by atoms with Crippen molar-refractivity contribution < 1.29 is 13.2 Å². The Bertz CT molecular complexity index is 640. The molecule has 4 nitrogen and oxygen atoms in total. The zero-order chi connectivity index (χ0) is 12.6. The topological polar surface area (TPSA) is 59.6 Å². The summed E-state index contributed by atoms with van der Waals surface area (Å²) in [5.74, 6) is 0. The molecular weight excluding hydrogens is 250 g/mol. The minimum absolute atomic E-state index is 0.293. The molecule has 2 aromatic rings. The lowest BCUT2D eigenvalue weighted by Gasteiger charge is -2.00. The van der Waals surface area contributed by atoms with Crippen LogP contribution in [0.2, 0.25) is 0 Å². The van der Waals surface area contributed by atoms with Crippen LogP contribution in [0.5, 0.6) is 0 Å². The van der Waals surface area contributed by atoms with Gasteiger partial charge in [0, 0.05) is 18.0 Å². The van der Waals surface area contributed by atoms with Crippen LogP contribution in [-0.2, 0) is 14.6 Å². The quantitative estimate of drug-likeness (QED) is 0.792. The molecule has 0 bridgehead atoms. The maximum absolute atomic E-state index is 12.2. The molecule has 0 saturated carbocycles. The van der Waals surface area contributed by atoms with E-state index in [1.54, 1.807) is 48.8 Å². The van der Waals surface area contributed by atoms with Gasteiger partial charge in [-0.05, 0) is 18.2 Å². The Morgan fingerprint density at radius 1 is 1.06 bits per heavy atom. The lowest BCUT2D eigenvalue weighted by atomic mass is 10.2. The number of rotatable bonds is 3. The third-order valence-electron chi connectivity index (χ3n) is 2.84. The van der Waals surface area contributed by atoms with E-state index in [0.717, 1.165) is 5.56 Å². The molecule has 0 N–H and O–H groups in total. The van der Waals surface area contributed by atoms with Gasteiger partial charge in [-0.2, -0.15) is 0 Å². The zero-order valence-electron chi connectivity index (χ0n) is 9.43. The first-order valence-electron chi connectivity index (χ1n) is 5.54. The summed E-state index contributed by atoms with van der Waals surface area (Å²) in [7, 11) is -3.41. The Labute approximate surface area is 105 Å². The number of pyridine rings is 1. The summed E-state index contributed by atoms with van der Waals surface area (Å²) in [6, 6.07) is 11.9. The van der Waals surface area contributed by atoms with Gasteiger partial charge in [-0.15, -0.1) is 0 Å². The molecule has 2 heterocycles. The minimum Gasteiger partial charge on any atom is -0.347 e. The summed E-state index contributed by atoms with van der Waals surface area (Å²) in [6.07, 6.45) is 2.88. The number of benzene rings is 1. The molecule has 1 fully saturated rings. The number of nitrogens with zero attached hydrogens (tertiary/aromatic N) is 1. The Balaban J connectivity index is 1.87. The van der Waals surface area contributed by atoms with Crippen LogP contribution in [0.1, 0.15) is 11.7 Å². The summed E-state index contributed by atoms with van der Waals surface area (Å²) in [5.41, 5.74) is 0.00565. The van der Waals surface area contributed by atoms with E-state index in [1.165, 1.54) is 0 Å². The first-order valence-corrected chi connectivity index (χ1v) is 7.08. The second-order valence-electron chi connectivity index (χ2n) is 4.07. The lowest BCUT2D eigenvalue weighted by molar-refractivity contribution is 0.399. The van der Waals surface area contributed by atoms with Crippen molar-refractivity contribution in [2.75, 3.05) is 0 Å². The van der Waals surface area contributed by atoms with Gasteiger partial charge < -0.3 is 4.74 Å². The summed E-state index contributed by atoms with van der Waals surface area (Å²) < 4.78 is 29.8. The van der Waals surface area contributed by atoms with Gasteiger partial charge in [0.15, 0.2) is 5.44 Å². The predicted molar refractivity (Wildman–Crippen MR) is 65.5 cm³/mol. The number of hydrogen-bond acceptors (Lipinski definition) is 4. The fourth-order valence-corrected chi connectivity index (χ4v) is 3.41. The molecule has 3 rings (SSSR count). The molecule has 0 spiro atoms. The highest BCUT2D eigenvalue weighted by Crippen LogP contribution is 2.44. The summed E-state index contributed by atoms with van der Waals surface area (Å²) in [6.45, 7) is 0. The van der Waals surface area contributed by atoms with Crippen LogP contribution in [0.3, 0.4) is 0 Å². The van der Waals surface area contributed by atoms with Gasteiger partial charge in [0.05, 0.1) is 4.90 Å². The summed E-state index contributed by atoms with van der Waals surface area (Å²) in [4.78, 5) is 4.25. The Morgan fingerprint density at radius 2 is 1.83 bits per heavy atom. The first kappa shape index (κ1) is 11.4. The van der Waals surface area contributed by atoms with Gasteiger partial charge in [-0.1, -0.05) is 24.3 Å². The largest absolute Gasteiger partial charge is 0.347 e. The molecule has 1 aromatic heterocycles. The van der Waals surface area contributed by atoms with Crippen molar-refractivity contribution in [3.63, 3.8) is 0 Å². The molecule has 1 aliphatic rings. The number of sulfone groups is 1. The van der Waals surface area contributed by atoms with E-state index in [4.69, 9.17) is 4.74 Å². The standard InChI is InChI=1S/C13H11NO3S/c15-18(16,11-6-2-1-3-7-11)13-12(17-13)10-5-4-8-14-9-10/h1-9,12-13H/t12-,13-/m0/s1. The third kappa shape index (κ3) is 1.91. The molecule has 0 amide bonds. The molecule has 2 atom stereocenters. The lowest BCUT2D eigenvalue weighted by Crippen LogP contribution is -2.09. The van der Waals surface area contributed by atoms with Crippen LogP contribution in [0, 0.1) is 0 Å². The van der Waals surface area contributed by atoms with Crippen molar-refractivity contribution in [2.24, 2.45) is 0 Å². The van der Waals surface area contributed by atoms with Crippen LogP contribution >= 0.6 is 0 Å². The van der Waals surface area contributed by atoms with Crippen molar-refractivity contribution in [1.29, 1.82) is 0 Å². The van der Waals surface area contributed by atoms with E-state index in [9.17, 15) is 8.42 Å². The van der Waals surface area contributed by atoms with E-state index in [2.05, 4.69) is 4.98 Å². The molecule has 0 aliphatic carbocycles. The monoisotopic (exact) mass is 261 g/mol. The van der Waals surface area contributed by atoms with Crippen LogP contribution in [-0.4, -0.2) is 18.8 Å². The smallest absolute Gasteiger partial charge is 0.208 e. The van der Waals surface area contributed by atoms with Gasteiger partial charge in [-0.3, -0.25) is 4.98 Å². The molecule has 1 aromatic carbocycles. The summed E-state index contributed by atoms with van der Waals surface area (Å²) in [5, 5.41) is 0. The molecule has 92 valence electrons. The average molecular weight is 261 g/mol. The normalized spacial score (nSPS) is 22.7. The molecule has 5 heteroatoms. The first-order chi connectivity index (χ1) is 8.69. The maximum atomic E-state index is 12.2. The van der Waals surface area contributed by atoms with Gasteiger partial charge in [-0.25, -0.2) is 8.42 Å². The van der Waals surface area contributed by atoms with Crippen molar-refractivity contribution in [3.05, 3.63) is 60.4 Å². The highest BCUT2D eigenvalue weighted by atomic mass is 32.2. The van der Waals surface area contributed by atoms with E-state index in [0.29, 0.717) is 4.90 Å². The molecule has 1 aliphatic heterocycles. The Kier molecular flexibility index (Phi) is 2.65. The Morgan fingerprint density at radius 3 is 2.50 bits per heavy atom. The minimum atomic E-state index is -3.41. The maximum Gasteiger partial charge on any atom is 0.208 e. The van der Waals surface area contributed by atoms with Gasteiger partial charge in [0.25, 0.3) is 0 Å². The number of hydrogen-bond donors (Lipinski definition) is 0. The number of aromatic nitrogens is 1. The van der Waals surface area contributed by atoms with Crippen molar-refractivity contribution in [1.82, 2.24) is 4.98 Å². The molecule has 0 radical (unpaired) electrons. The van der Waals surface area contributed by atoms with Crippen LogP contribution in [0.15, 0.2) is 59.8 Å². The predicted octanol–water partition coefficient (Wildman–Crippen LogP) is 1.95. The van der Waals surface area contributed by atoms with Gasteiger partial charge >= 0.3 is 0 Å². The van der Waals surface area contributed by atoms with Crippen LogP contribution < -0.4 is 0 Å². The van der Waals surface area contributed by atoms with E-state index in [-0.39, 0.29) is 0 Å². The molecular formula is C13H11NO3S. The van der Waals surface area contributed by atoms with Crippen molar-refractivity contribution >= 4 is 9.84 Å². The van der Waals surface area contributed by atoms with Gasteiger partial charge in [0.1, 0.15) is 6.10 Å². The van der Waals surface area contributed by atoms with Crippen LogP contribution in [0.4, 0.5) is 0 Å². The number of ether oxygens (including phenoxy) is 1. The highest BCUT2D eigenvalue weighted by molar-refractivity contribution is 7.92. The van der Waals surface area contributed by atoms with E-state index < -0.39 is 21.4 Å². The number of epoxide rings is 1. The van der Waals surface area contributed by atoms with Crippen molar-refractivity contribution in [2.45, 2.75) is 16.4 Å².